The Hall–Kier alpha value is -1.96. The zero-order valence-corrected chi connectivity index (χ0v) is 18.9. The van der Waals surface area contributed by atoms with Crippen LogP contribution in [0.4, 0.5) is 0 Å². The molecule has 31 heavy (non-hydrogen) atoms. The first-order chi connectivity index (χ1) is 14.8. The highest BCUT2D eigenvalue weighted by atomic mass is 35.5. The van der Waals surface area contributed by atoms with Crippen molar-refractivity contribution in [3.8, 4) is 0 Å². The molecular formula is C23H31ClN2O5. The second-order valence-corrected chi connectivity index (χ2v) is 8.86. The standard InChI is InChI=1S/C23H31ClN2O5/c1-3-19(27)16-8-10-25(11-9-16)20(28)14-23(17-6-4-5-7-18(17)24)15-21(29)26(22(23)30)12-13-31-2/h4-7,16,19,27H,3,8-15H2,1-2H3. The lowest BCUT2D eigenvalue weighted by molar-refractivity contribution is -0.143. The molecule has 2 saturated heterocycles. The number of benzene rings is 1. The smallest absolute Gasteiger partial charge is 0.241 e. The van der Waals surface area contributed by atoms with Crippen molar-refractivity contribution >= 4 is 29.3 Å². The van der Waals surface area contributed by atoms with Crippen LogP contribution in [-0.2, 0) is 24.5 Å². The summed E-state index contributed by atoms with van der Waals surface area (Å²) in [5.41, 5.74) is -0.792. The molecule has 2 aliphatic heterocycles. The van der Waals surface area contributed by atoms with Crippen LogP contribution in [0.2, 0.25) is 5.02 Å². The molecule has 0 aromatic heterocycles. The number of piperidine rings is 1. The molecule has 2 heterocycles. The van der Waals surface area contributed by atoms with E-state index < -0.39 is 11.3 Å². The maximum absolute atomic E-state index is 13.5. The van der Waals surface area contributed by atoms with E-state index in [9.17, 15) is 19.5 Å². The van der Waals surface area contributed by atoms with Crippen molar-refractivity contribution in [3.63, 3.8) is 0 Å². The predicted molar refractivity (Wildman–Crippen MR) is 117 cm³/mol. The SMILES string of the molecule is CCC(O)C1CCN(C(=O)CC2(c3ccccc3Cl)CC(=O)N(CCOC)C2=O)CC1. The molecule has 2 atom stereocenters. The number of methoxy groups -OCH3 is 1. The fraction of sp³-hybridized carbons (Fsp3) is 0.609. The van der Waals surface area contributed by atoms with E-state index in [0.717, 1.165) is 12.8 Å². The maximum atomic E-state index is 13.5. The van der Waals surface area contributed by atoms with Crippen molar-refractivity contribution in [2.24, 2.45) is 5.92 Å². The number of ether oxygens (including phenoxy) is 1. The number of halogens is 1. The molecule has 170 valence electrons. The van der Waals surface area contributed by atoms with Crippen molar-refractivity contribution in [2.75, 3.05) is 33.4 Å². The molecule has 3 amide bonds. The van der Waals surface area contributed by atoms with E-state index in [2.05, 4.69) is 0 Å². The van der Waals surface area contributed by atoms with Gasteiger partial charge in [0.1, 0.15) is 0 Å². The zero-order valence-electron chi connectivity index (χ0n) is 18.2. The van der Waals surface area contributed by atoms with E-state index in [4.69, 9.17) is 16.3 Å². The minimum absolute atomic E-state index is 0.0873. The molecule has 2 unspecified atom stereocenters. The highest BCUT2D eigenvalue weighted by molar-refractivity contribution is 6.32. The van der Waals surface area contributed by atoms with Crippen molar-refractivity contribution in [1.82, 2.24) is 9.80 Å². The second-order valence-electron chi connectivity index (χ2n) is 8.45. The molecule has 1 N–H and O–H groups in total. The van der Waals surface area contributed by atoms with Gasteiger partial charge in [-0.05, 0) is 36.8 Å². The number of aliphatic hydroxyl groups excluding tert-OH is 1. The van der Waals surface area contributed by atoms with Gasteiger partial charge in [-0.3, -0.25) is 19.3 Å². The average Bonchev–Trinajstić information content (AvgIpc) is 3.01. The second kappa shape index (κ2) is 10.1. The van der Waals surface area contributed by atoms with Gasteiger partial charge in [-0.1, -0.05) is 36.7 Å². The Balaban J connectivity index is 1.84. The molecule has 7 nitrogen and oxygen atoms in total. The summed E-state index contributed by atoms with van der Waals surface area (Å²) in [6, 6.07) is 6.93. The van der Waals surface area contributed by atoms with E-state index in [1.54, 1.807) is 29.2 Å². The first-order valence-corrected chi connectivity index (χ1v) is 11.3. The average molecular weight is 451 g/mol. The third-order valence-corrected chi connectivity index (χ3v) is 6.95. The number of aliphatic hydroxyl groups is 1. The molecule has 0 saturated carbocycles. The summed E-state index contributed by atoms with van der Waals surface area (Å²) in [5.74, 6) is -0.697. The number of nitrogens with zero attached hydrogens (tertiary/aromatic N) is 2. The van der Waals surface area contributed by atoms with Crippen LogP contribution in [0.25, 0.3) is 0 Å². The number of imide groups is 1. The monoisotopic (exact) mass is 450 g/mol. The number of carbonyl (C=O) groups is 3. The number of rotatable bonds is 8. The Morgan fingerprint density at radius 3 is 2.58 bits per heavy atom. The highest BCUT2D eigenvalue weighted by Gasteiger charge is 2.54. The molecule has 0 spiro atoms. The van der Waals surface area contributed by atoms with E-state index in [0.29, 0.717) is 30.1 Å². The van der Waals surface area contributed by atoms with Crippen LogP contribution in [0.1, 0.15) is 44.6 Å². The van der Waals surface area contributed by atoms with Crippen LogP contribution in [0, 0.1) is 5.92 Å². The summed E-state index contributed by atoms with van der Waals surface area (Å²) in [5, 5.41) is 10.5. The molecule has 2 fully saturated rings. The van der Waals surface area contributed by atoms with Crippen LogP contribution in [0.15, 0.2) is 24.3 Å². The van der Waals surface area contributed by atoms with E-state index in [1.165, 1.54) is 12.0 Å². The van der Waals surface area contributed by atoms with Crippen LogP contribution < -0.4 is 0 Å². The fourth-order valence-electron chi connectivity index (χ4n) is 4.74. The first kappa shape index (κ1) is 23.7. The quantitative estimate of drug-likeness (QED) is 0.614. The van der Waals surface area contributed by atoms with Gasteiger partial charge < -0.3 is 14.7 Å². The van der Waals surface area contributed by atoms with Gasteiger partial charge in [-0.25, -0.2) is 0 Å². The van der Waals surface area contributed by atoms with E-state index in [-0.39, 0.29) is 49.8 Å². The first-order valence-electron chi connectivity index (χ1n) is 10.9. The van der Waals surface area contributed by atoms with Crippen molar-refractivity contribution in [2.45, 2.75) is 50.5 Å². The Kier molecular flexibility index (Phi) is 7.73. The number of amides is 3. The highest BCUT2D eigenvalue weighted by Crippen LogP contribution is 2.43. The predicted octanol–water partition coefficient (Wildman–Crippen LogP) is 2.38. The summed E-state index contributed by atoms with van der Waals surface area (Å²) >= 11 is 6.44. The van der Waals surface area contributed by atoms with Crippen LogP contribution in [-0.4, -0.2) is 72.1 Å². The van der Waals surface area contributed by atoms with Crippen molar-refractivity contribution in [1.29, 1.82) is 0 Å². The van der Waals surface area contributed by atoms with Crippen LogP contribution in [0.5, 0.6) is 0 Å². The number of carbonyl (C=O) groups excluding carboxylic acids is 3. The number of hydrogen-bond donors (Lipinski definition) is 1. The fourth-order valence-corrected chi connectivity index (χ4v) is 5.06. The Labute approximate surface area is 188 Å². The molecule has 2 aliphatic rings. The number of likely N-dealkylation sites (tertiary alicyclic amines) is 2. The summed E-state index contributed by atoms with van der Waals surface area (Å²) in [7, 11) is 1.51. The van der Waals surface area contributed by atoms with E-state index >= 15 is 0 Å². The van der Waals surface area contributed by atoms with Gasteiger partial charge in [0.25, 0.3) is 0 Å². The molecule has 1 aromatic carbocycles. The molecule has 8 heteroatoms. The Bertz CT molecular complexity index is 824. The minimum atomic E-state index is -1.31. The van der Waals surface area contributed by atoms with Gasteiger partial charge in [-0.15, -0.1) is 0 Å². The third kappa shape index (κ3) is 4.78. The minimum Gasteiger partial charge on any atom is -0.393 e. The van der Waals surface area contributed by atoms with Gasteiger partial charge in [0.2, 0.25) is 17.7 Å². The van der Waals surface area contributed by atoms with Crippen molar-refractivity contribution in [3.05, 3.63) is 34.9 Å². The van der Waals surface area contributed by atoms with Gasteiger partial charge >= 0.3 is 0 Å². The zero-order chi connectivity index (χ0) is 22.6. The van der Waals surface area contributed by atoms with Gasteiger partial charge in [-0.2, -0.15) is 0 Å². The number of hydrogen-bond acceptors (Lipinski definition) is 5. The summed E-state index contributed by atoms with van der Waals surface area (Å²) < 4.78 is 5.05. The topological polar surface area (TPSA) is 87.2 Å². The molecule has 0 radical (unpaired) electrons. The lowest BCUT2D eigenvalue weighted by atomic mass is 9.75. The van der Waals surface area contributed by atoms with Crippen LogP contribution in [0.3, 0.4) is 0 Å². The Morgan fingerprint density at radius 1 is 1.29 bits per heavy atom. The Morgan fingerprint density at radius 2 is 1.97 bits per heavy atom. The normalized spacial score (nSPS) is 23.5. The lowest BCUT2D eigenvalue weighted by Crippen LogP contribution is -2.46. The van der Waals surface area contributed by atoms with Gasteiger partial charge in [0.05, 0.1) is 24.7 Å². The van der Waals surface area contributed by atoms with Crippen molar-refractivity contribution < 1.29 is 24.2 Å². The molecule has 1 aromatic rings. The van der Waals surface area contributed by atoms with Crippen LogP contribution >= 0.6 is 11.6 Å². The summed E-state index contributed by atoms with van der Waals surface area (Å²) in [6.45, 7) is 3.41. The summed E-state index contributed by atoms with van der Waals surface area (Å²) in [4.78, 5) is 42.4. The summed E-state index contributed by atoms with van der Waals surface area (Å²) in [6.07, 6.45) is 1.61. The van der Waals surface area contributed by atoms with E-state index in [1.807, 2.05) is 6.92 Å². The van der Waals surface area contributed by atoms with Gasteiger partial charge in [0, 0.05) is 38.1 Å². The maximum Gasteiger partial charge on any atom is 0.241 e. The lowest BCUT2D eigenvalue weighted by Gasteiger charge is -2.36. The largest absolute Gasteiger partial charge is 0.393 e. The van der Waals surface area contributed by atoms with Gasteiger partial charge in [0.15, 0.2) is 0 Å². The molecule has 3 rings (SSSR count). The molecule has 0 bridgehead atoms. The third-order valence-electron chi connectivity index (χ3n) is 6.62. The molecule has 0 aliphatic carbocycles. The molecular weight excluding hydrogens is 420 g/mol.